The smallest absolute Gasteiger partial charge is 0.0655 e. The lowest BCUT2D eigenvalue weighted by Gasteiger charge is -2.22. The highest BCUT2D eigenvalue weighted by molar-refractivity contribution is 7.07. The third-order valence-electron chi connectivity index (χ3n) is 6.47. The SMILES string of the molecule is CCCCC1=C2c3c(ccc(c3-c3ccc(C(C)(C)C)cc3)[Si]2(C)C)C1. The fourth-order valence-corrected chi connectivity index (χ4v) is 8.70. The molecule has 4 rings (SSSR count). The van der Waals surface area contributed by atoms with Crippen LogP contribution in [0.15, 0.2) is 42.0 Å². The van der Waals surface area contributed by atoms with Gasteiger partial charge in [0, 0.05) is 0 Å². The first-order valence-corrected chi connectivity index (χ1v) is 13.2. The third-order valence-corrected chi connectivity index (χ3v) is 10.1. The van der Waals surface area contributed by atoms with Gasteiger partial charge in [-0.25, -0.2) is 0 Å². The number of allylic oxidation sites excluding steroid dienone is 1. The van der Waals surface area contributed by atoms with Gasteiger partial charge in [0.1, 0.15) is 8.07 Å². The van der Waals surface area contributed by atoms with Crippen molar-refractivity contribution in [2.75, 3.05) is 0 Å². The molecule has 2 aromatic rings. The second-order valence-electron chi connectivity index (χ2n) is 9.73. The second-order valence-corrected chi connectivity index (χ2v) is 14.0. The van der Waals surface area contributed by atoms with Crippen LogP contribution in [0.2, 0.25) is 13.1 Å². The minimum absolute atomic E-state index is 0.215. The number of benzene rings is 2. The highest BCUT2D eigenvalue weighted by atomic mass is 28.3. The van der Waals surface area contributed by atoms with Crippen LogP contribution in [0.5, 0.6) is 0 Å². The average Bonchev–Trinajstić information content (AvgIpc) is 3.04. The zero-order valence-electron chi connectivity index (χ0n) is 17.3. The van der Waals surface area contributed by atoms with Gasteiger partial charge in [-0.05, 0) is 62.9 Å². The molecule has 2 aromatic carbocycles. The first kappa shape index (κ1) is 17.8. The lowest BCUT2D eigenvalue weighted by atomic mass is 9.86. The van der Waals surface area contributed by atoms with Crippen molar-refractivity contribution in [3.63, 3.8) is 0 Å². The minimum Gasteiger partial charge on any atom is -0.0655 e. The van der Waals surface area contributed by atoms with Gasteiger partial charge in [0.15, 0.2) is 0 Å². The Balaban J connectivity index is 1.86. The first-order valence-electron chi connectivity index (χ1n) is 10.2. The van der Waals surface area contributed by atoms with Gasteiger partial charge < -0.3 is 0 Å². The molecule has 136 valence electrons. The van der Waals surface area contributed by atoms with Crippen molar-refractivity contribution in [3.8, 4) is 11.1 Å². The van der Waals surface area contributed by atoms with Crippen LogP contribution in [0, 0.1) is 0 Å². The van der Waals surface area contributed by atoms with Gasteiger partial charge in [-0.15, -0.1) is 0 Å². The normalized spacial score (nSPS) is 17.3. The molecule has 0 saturated carbocycles. The van der Waals surface area contributed by atoms with Crippen molar-refractivity contribution in [2.45, 2.75) is 71.9 Å². The van der Waals surface area contributed by atoms with E-state index in [0.29, 0.717) is 0 Å². The molecule has 0 N–H and O–H groups in total. The maximum atomic E-state index is 2.57. The molecule has 0 unspecified atom stereocenters. The van der Waals surface area contributed by atoms with Crippen LogP contribution < -0.4 is 5.19 Å². The summed E-state index contributed by atoms with van der Waals surface area (Å²) in [6.07, 6.45) is 5.13. The maximum absolute atomic E-state index is 2.57. The molecular formula is C25H32Si. The zero-order chi connectivity index (χ0) is 18.7. The Hall–Kier alpha value is -1.60. The Kier molecular flexibility index (Phi) is 4.07. The quantitative estimate of drug-likeness (QED) is 0.537. The van der Waals surface area contributed by atoms with E-state index in [-0.39, 0.29) is 5.41 Å². The van der Waals surface area contributed by atoms with E-state index in [9.17, 15) is 0 Å². The van der Waals surface area contributed by atoms with Crippen LogP contribution in [0.4, 0.5) is 0 Å². The van der Waals surface area contributed by atoms with Gasteiger partial charge in [0.2, 0.25) is 0 Å². The molecule has 0 saturated heterocycles. The molecule has 1 heterocycles. The van der Waals surface area contributed by atoms with E-state index in [0.717, 1.165) is 0 Å². The first-order chi connectivity index (χ1) is 12.2. The van der Waals surface area contributed by atoms with Crippen molar-refractivity contribution in [1.29, 1.82) is 0 Å². The summed E-state index contributed by atoms with van der Waals surface area (Å²) in [5.41, 5.74) is 9.61. The predicted molar refractivity (Wildman–Crippen MR) is 118 cm³/mol. The van der Waals surface area contributed by atoms with Crippen molar-refractivity contribution in [1.82, 2.24) is 0 Å². The average molecular weight is 361 g/mol. The van der Waals surface area contributed by atoms with E-state index in [1.165, 1.54) is 36.8 Å². The number of fused-ring (bicyclic) bond motifs is 1. The highest BCUT2D eigenvalue weighted by Gasteiger charge is 2.45. The van der Waals surface area contributed by atoms with Crippen molar-refractivity contribution >= 4 is 18.5 Å². The molecule has 2 aliphatic rings. The molecule has 0 nitrogen and oxygen atoms in total. The van der Waals surface area contributed by atoms with Gasteiger partial charge in [-0.3, -0.25) is 0 Å². The summed E-state index contributed by atoms with van der Waals surface area (Å²) in [6, 6.07) is 14.3. The number of hydrogen-bond donors (Lipinski definition) is 0. The van der Waals surface area contributed by atoms with Gasteiger partial charge in [-0.2, -0.15) is 0 Å². The Morgan fingerprint density at radius 3 is 2.23 bits per heavy atom. The molecule has 0 atom stereocenters. The van der Waals surface area contributed by atoms with Crippen molar-refractivity contribution in [2.24, 2.45) is 0 Å². The summed E-state index contributed by atoms with van der Waals surface area (Å²) in [5, 5.41) is 3.44. The molecule has 0 spiro atoms. The fraction of sp³-hybridized carbons (Fsp3) is 0.440. The number of rotatable bonds is 4. The maximum Gasteiger partial charge on any atom is 0.113 e. The third kappa shape index (κ3) is 2.55. The number of hydrogen-bond acceptors (Lipinski definition) is 0. The van der Waals surface area contributed by atoms with Crippen LogP contribution in [0.1, 0.15) is 63.6 Å². The second kappa shape index (κ2) is 5.95. The molecular weight excluding hydrogens is 328 g/mol. The van der Waals surface area contributed by atoms with Crippen molar-refractivity contribution in [3.05, 3.63) is 58.7 Å². The molecule has 26 heavy (non-hydrogen) atoms. The van der Waals surface area contributed by atoms with Gasteiger partial charge >= 0.3 is 0 Å². The van der Waals surface area contributed by atoms with E-state index >= 15 is 0 Å². The topological polar surface area (TPSA) is 0 Å². The Bertz CT molecular complexity index is 889. The molecule has 1 heteroatoms. The summed E-state index contributed by atoms with van der Waals surface area (Å²) < 4.78 is 0. The summed E-state index contributed by atoms with van der Waals surface area (Å²) >= 11 is 0. The summed E-state index contributed by atoms with van der Waals surface area (Å²) in [6.45, 7) is 14.3. The van der Waals surface area contributed by atoms with Crippen LogP contribution in [0.25, 0.3) is 16.3 Å². The zero-order valence-corrected chi connectivity index (χ0v) is 18.3. The highest BCUT2D eigenvalue weighted by Crippen LogP contribution is 2.50. The minimum atomic E-state index is -1.55. The molecule has 1 aliphatic heterocycles. The van der Waals surface area contributed by atoms with E-state index in [4.69, 9.17) is 0 Å². The molecule has 0 radical (unpaired) electrons. The lowest BCUT2D eigenvalue weighted by Crippen LogP contribution is -2.39. The van der Waals surface area contributed by atoms with Crippen LogP contribution in [-0.2, 0) is 11.8 Å². The monoisotopic (exact) mass is 360 g/mol. The summed E-state index contributed by atoms with van der Waals surface area (Å²) in [5.74, 6) is 0. The molecule has 2 bridgehead atoms. The standard InChI is InChI=1S/C25H32Si/c1-7-8-9-19-16-18-12-15-21-22(23(18)24(19)26(21,5)6)17-10-13-20(14-11-17)25(2,3)4/h10-15H,7-9,16H2,1-6H3. The fourth-order valence-electron chi connectivity index (χ4n) is 5.02. The molecule has 0 aromatic heterocycles. The van der Waals surface area contributed by atoms with E-state index in [1.807, 2.05) is 0 Å². The van der Waals surface area contributed by atoms with Gasteiger partial charge in [-0.1, -0.05) is 89.2 Å². The van der Waals surface area contributed by atoms with Gasteiger partial charge in [0.25, 0.3) is 0 Å². The largest absolute Gasteiger partial charge is 0.113 e. The summed E-state index contributed by atoms with van der Waals surface area (Å²) in [4.78, 5) is 0. The Labute approximate surface area is 160 Å². The van der Waals surface area contributed by atoms with E-state index in [1.54, 1.807) is 32.6 Å². The number of unbranched alkanes of at least 4 members (excludes halogenated alkanes) is 1. The van der Waals surface area contributed by atoms with Crippen LogP contribution in [-0.4, -0.2) is 8.07 Å². The Morgan fingerprint density at radius 1 is 0.923 bits per heavy atom. The molecule has 0 fully saturated rings. The summed E-state index contributed by atoms with van der Waals surface area (Å²) in [7, 11) is -1.55. The van der Waals surface area contributed by atoms with Crippen LogP contribution >= 0.6 is 0 Å². The Morgan fingerprint density at radius 2 is 1.62 bits per heavy atom. The van der Waals surface area contributed by atoms with E-state index in [2.05, 4.69) is 77.2 Å². The lowest BCUT2D eigenvalue weighted by molar-refractivity contribution is 0.590. The van der Waals surface area contributed by atoms with Crippen molar-refractivity contribution < 1.29 is 0 Å². The molecule has 0 amide bonds. The van der Waals surface area contributed by atoms with E-state index < -0.39 is 8.07 Å². The van der Waals surface area contributed by atoms with Crippen LogP contribution in [0.3, 0.4) is 0 Å². The predicted octanol–water partition coefficient (Wildman–Crippen LogP) is 6.62. The molecule has 1 aliphatic carbocycles. The van der Waals surface area contributed by atoms with Gasteiger partial charge in [0.05, 0.1) is 0 Å².